The van der Waals surface area contributed by atoms with E-state index in [4.69, 9.17) is 9.47 Å². The number of aromatic nitrogens is 2. The predicted octanol–water partition coefficient (Wildman–Crippen LogP) is 5.55. The average Bonchev–Trinajstić information content (AvgIpc) is 2.78. The molecule has 3 rings (SSSR count). The quantitative estimate of drug-likeness (QED) is 0.222. The largest absolute Gasteiger partial charge is 0.493 e. The van der Waals surface area contributed by atoms with Crippen LogP contribution in [-0.2, 0) is 0 Å². The van der Waals surface area contributed by atoms with Crippen molar-refractivity contribution in [3.05, 3.63) is 35.7 Å². The number of aldehydes is 2. The van der Waals surface area contributed by atoms with Crippen molar-refractivity contribution in [1.29, 1.82) is 0 Å². The smallest absolute Gasteiger partial charge is 0.168 e. The van der Waals surface area contributed by atoms with Gasteiger partial charge in [-0.25, -0.2) is 9.97 Å². The fourth-order valence-corrected chi connectivity index (χ4v) is 3.38. The second-order valence-electron chi connectivity index (χ2n) is 7.30. The van der Waals surface area contributed by atoms with E-state index in [0.717, 1.165) is 49.3 Å². The zero-order chi connectivity index (χ0) is 21.3. The number of pyridine rings is 2. The summed E-state index contributed by atoms with van der Waals surface area (Å²) >= 11 is 0. The number of hydrogen-bond acceptors (Lipinski definition) is 6. The van der Waals surface area contributed by atoms with Crippen LogP contribution in [0.2, 0.25) is 0 Å². The molecule has 2 heterocycles. The zero-order valence-electron chi connectivity index (χ0n) is 17.6. The molecule has 3 aromatic rings. The van der Waals surface area contributed by atoms with Crippen LogP contribution < -0.4 is 9.47 Å². The Morgan fingerprint density at radius 2 is 1.17 bits per heavy atom. The minimum absolute atomic E-state index is 0.268. The maximum atomic E-state index is 11.5. The molecule has 0 fully saturated rings. The lowest BCUT2D eigenvalue weighted by Crippen LogP contribution is -2.03. The Kier molecular flexibility index (Phi) is 7.71. The van der Waals surface area contributed by atoms with Gasteiger partial charge in [0.05, 0.1) is 13.2 Å². The summed E-state index contributed by atoms with van der Waals surface area (Å²) in [6, 6.07) is 7.13. The molecule has 0 bridgehead atoms. The van der Waals surface area contributed by atoms with Crippen LogP contribution in [-0.4, -0.2) is 35.8 Å². The molecular formula is C24H28N2O4. The molecule has 2 aromatic heterocycles. The van der Waals surface area contributed by atoms with E-state index in [0.29, 0.717) is 48.3 Å². The van der Waals surface area contributed by atoms with Gasteiger partial charge < -0.3 is 9.47 Å². The standard InChI is InChI=1S/C24H28N2O4/c1-3-5-7-11-29-21-13-17(15-27)25-23-19(21)9-10-20-22(30-12-8-6-4-2)14-18(16-28)26-24(20)23/h9-10,13-16H,3-8,11-12H2,1-2H3. The molecule has 0 aliphatic heterocycles. The minimum Gasteiger partial charge on any atom is -0.493 e. The van der Waals surface area contributed by atoms with E-state index in [1.165, 1.54) is 0 Å². The molecule has 0 aliphatic carbocycles. The normalized spacial score (nSPS) is 11.0. The number of ether oxygens (including phenoxy) is 2. The van der Waals surface area contributed by atoms with Gasteiger partial charge in [-0.15, -0.1) is 0 Å². The number of carbonyl (C=O) groups is 2. The third kappa shape index (κ3) is 4.93. The van der Waals surface area contributed by atoms with E-state index in [-0.39, 0.29) is 11.4 Å². The van der Waals surface area contributed by atoms with Crippen LogP contribution in [0.1, 0.15) is 73.3 Å². The van der Waals surface area contributed by atoms with Crippen LogP contribution >= 0.6 is 0 Å². The summed E-state index contributed by atoms with van der Waals surface area (Å²) in [5.41, 5.74) is 1.60. The number of hydrogen-bond donors (Lipinski definition) is 0. The molecule has 0 atom stereocenters. The Hall–Kier alpha value is -3.02. The number of unbranched alkanes of at least 4 members (excludes halogenated alkanes) is 4. The van der Waals surface area contributed by atoms with Gasteiger partial charge in [-0.2, -0.15) is 0 Å². The SMILES string of the molecule is CCCCCOc1cc(C=O)nc2c1ccc1c(OCCCCC)cc(C=O)nc12. The summed E-state index contributed by atoms with van der Waals surface area (Å²) in [7, 11) is 0. The van der Waals surface area contributed by atoms with Crippen LogP contribution in [0.5, 0.6) is 11.5 Å². The van der Waals surface area contributed by atoms with Crippen LogP contribution in [0.15, 0.2) is 24.3 Å². The first-order valence-corrected chi connectivity index (χ1v) is 10.7. The molecule has 6 heteroatoms. The highest BCUT2D eigenvalue weighted by atomic mass is 16.5. The lowest BCUT2D eigenvalue weighted by molar-refractivity contribution is 0.111. The van der Waals surface area contributed by atoms with Crippen molar-refractivity contribution in [3.8, 4) is 11.5 Å². The topological polar surface area (TPSA) is 78.4 Å². The average molecular weight is 408 g/mol. The lowest BCUT2D eigenvalue weighted by atomic mass is 10.1. The number of benzene rings is 1. The maximum Gasteiger partial charge on any atom is 0.168 e. The van der Waals surface area contributed by atoms with Gasteiger partial charge in [-0.1, -0.05) is 39.5 Å². The first-order valence-electron chi connectivity index (χ1n) is 10.7. The van der Waals surface area contributed by atoms with Crippen LogP contribution in [0, 0.1) is 0 Å². The highest BCUT2D eigenvalue weighted by Gasteiger charge is 2.15. The first-order chi connectivity index (χ1) is 14.7. The van der Waals surface area contributed by atoms with E-state index in [2.05, 4.69) is 23.8 Å². The number of carbonyl (C=O) groups excluding carboxylic acids is 2. The molecule has 0 spiro atoms. The van der Waals surface area contributed by atoms with Gasteiger partial charge in [0.25, 0.3) is 0 Å². The molecular weight excluding hydrogens is 380 g/mol. The second kappa shape index (κ2) is 10.7. The fraction of sp³-hybridized carbons (Fsp3) is 0.417. The van der Waals surface area contributed by atoms with Crippen molar-refractivity contribution in [1.82, 2.24) is 9.97 Å². The van der Waals surface area contributed by atoms with E-state index in [1.807, 2.05) is 12.1 Å². The number of nitrogens with zero attached hydrogens (tertiary/aromatic N) is 2. The Balaban J connectivity index is 2.09. The van der Waals surface area contributed by atoms with Gasteiger partial charge in [-0.05, 0) is 25.0 Å². The van der Waals surface area contributed by atoms with E-state index in [1.54, 1.807) is 12.1 Å². The summed E-state index contributed by atoms with van der Waals surface area (Å²) in [6.45, 7) is 5.40. The van der Waals surface area contributed by atoms with Crippen LogP contribution in [0.4, 0.5) is 0 Å². The number of fused-ring (bicyclic) bond motifs is 3. The Bertz CT molecular complexity index is 950. The monoisotopic (exact) mass is 408 g/mol. The van der Waals surface area contributed by atoms with Gasteiger partial charge in [0.2, 0.25) is 0 Å². The maximum absolute atomic E-state index is 11.5. The van der Waals surface area contributed by atoms with E-state index < -0.39 is 0 Å². The van der Waals surface area contributed by atoms with Crippen LogP contribution in [0.25, 0.3) is 21.8 Å². The van der Waals surface area contributed by atoms with Crippen molar-refractivity contribution in [3.63, 3.8) is 0 Å². The number of rotatable bonds is 12. The molecule has 0 aliphatic rings. The Morgan fingerprint density at radius 3 is 1.53 bits per heavy atom. The molecule has 6 nitrogen and oxygen atoms in total. The van der Waals surface area contributed by atoms with Gasteiger partial charge >= 0.3 is 0 Å². The van der Waals surface area contributed by atoms with E-state index in [9.17, 15) is 9.59 Å². The van der Waals surface area contributed by atoms with Crippen LogP contribution in [0.3, 0.4) is 0 Å². The highest BCUT2D eigenvalue weighted by molar-refractivity contribution is 6.08. The molecule has 0 saturated heterocycles. The predicted molar refractivity (Wildman–Crippen MR) is 118 cm³/mol. The third-order valence-corrected chi connectivity index (χ3v) is 4.97. The van der Waals surface area contributed by atoms with Crippen molar-refractivity contribution >= 4 is 34.4 Å². The fourth-order valence-electron chi connectivity index (χ4n) is 3.38. The lowest BCUT2D eigenvalue weighted by Gasteiger charge is -2.14. The first kappa shape index (κ1) is 21.7. The summed E-state index contributed by atoms with van der Waals surface area (Å²) in [5.74, 6) is 1.20. The Morgan fingerprint density at radius 1 is 0.733 bits per heavy atom. The summed E-state index contributed by atoms with van der Waals surface area (Å²) in [4.78, 5) is 31.9. The summed E-state index contributed by atoms with van der Waals surface area (Å²) in [5, 5.41) is 1.52. The molecule has 0 unspecified atom stereocenters. The molecule has 0 amide bonds. The molecule has 30 heavy (non-hydrogen) atoms. The van der Waals surface area contributed by atoms with Gasteiger partial charge in [0, 0.05) is 22.9 Å². The van der Waals surface area contributed by atoms with Crippen molar-refractivity contribution < 1.29 is 19.1 Å². The Labute approximate surface area is 176 Å². The molecule has 158 valence electrons. The molecule has 0 saturated carbocycles. The van der Waals surface area contributed by atoms with Crippen molar-refractivity contribution in [2.45, 2.75) is 52.4 Å². The molecule has 0 radical (unpaired) electrons. The molecule has 0 N–H and O–H groups in total. The third-order valence-electron chi connectivity index (χ3n) is 4.97. The van der Waals surface area contributed by atoms with Crippen molar-refractivity contribution in [2.75, 3.05) is 13.2 Å². The van der Waals surface area contributed by atoms with Gasteiger partial charge in [0.1, 0.15) is 33.9 Å². The van der Waals surface area contributed by atoms with Gasteiger partial charge in [-0.3, -0.25) is 9.59 Å². The second-order valence-corrected chi connectivity index (χ2v) is 7.30. The molecule has 1 aromatic carbocycles. The zero-order valence-corrected chi connectivity index (χ0v) is 17.6. The van der Waals surface area contributed by atoms with E-state index >= 15 is 0 Å². The van der Waals surface area contributed by atoms with Crippen molar-refractivity contribution in [2.24, 2.45) is 0 Å². The minimum atomic E-state index is 0.268. The summed E-state index contributed by atoms with van der Waals surface area (Å²) in [6.07, 6.45) is 7.63. The summed E-state index contributed by atoms with van der Waals surface area (Å²) < 4.78 is 11.9. The van der Waals surface area contributed by atoms with Gasteiger partial charge in [0.15, 0.2) is 12.6 Å². The highest BCUT2D eigenvalue weighted by Crippen LogP contribution is 2.34.